The Kier molecular flexibility index (Phi) is 5.67. The van der Waals surface area contributed by atoms with Crippen LogP contribution in [0, 0.1) is 0 Å². The van der Waals surface area contributed by atoms with Gasteiger partial charge in [-0.15, -0.1) is 0 Å². The summed E-state index contributed by atoms with van der Waals surface area (Å²) >= 11 is 13.0. The Labute approximate surface area is 158 Å². The number of benzene rings is 1. The van der Waals surface area contributed by atoms with E-state index >= 15 is 0 Å². The molecule has 1 aliphatic heterocycles. The number of thioether (sulfide) groups is 1. The zero-order valence-electron chi connectivity index (χ0n) is 12.8. The Morgan fingerprint density at radius 3 is 2.76 bits per heavy atom. The molecule has 130 valence electrons. The number of furan rings is 1. The van der Waals surface area contributed by atoms with E-state index in [0.29, 0.717) is 33.2 Å². The maximum Gasteiger partial charge on any atom is 0.240 e. The van der Waals surface area contributed by atoms with E-state index in [2.05, 4.69) is 15.6 Å². The van der Waals surface area contributed by atoms with Crippen LogP contribution in [-0.2, 0) is 16.1 Å². The van der Waals surface area contributed by atoms with Crippen LogP contribution < -0.4 is 10.6 Å². The lowest BCUT2D eigenvalue weighted by Gasteiger charge is -2.08. The molecule has 0 spiro atoms. The average molecular weight is 398 g/mol. The van der Waals surface area contributed by atoms with Gasteiger partial charge < -0.3 is 15.1 Å². The number of hydrogen-bond donors (Lipinski definition) is 2. The quantitative estimate of drug-likeness (QED) is 0.805. The molecule has 1 fully saturated rings. The fourth-order valence-corrected chi connectivity index (χ4v) is 3.67. The number of rotatable bonds is 5. The van der Waals surface area contributed by atoms with Crippen LogP contribution in [0.5, 0.6) is 0 Å². The summed E-state index contributed by atoms with van der Waals surface area (Å²) in [4.78, 5) is 28.4. The van der Waals surface area contributed by atoms with Crippen molar-refractivity contribution >= 4 is 57.6 Å². The van der Waals surface area contributed by atoms with Crippen molar-refractivity contribution in [1.29, 1.82) is 0 Å². The van der Waals surface area contributed by atoms with Crippen molar-refractivity contribution < 1.29 is 14.0 Å². The summed E-state index contributed by atoms with van der Waals surface area (Å²) in [7, 11) is 0. The van der Waals surface area contributed by atoms with Gasteiger partial charge in [0.1, 0.15) is 11.0 Å². The van der Waals surface area contributed by atoms with Crippen molar-refractivity contribution in [1.82, 2.24) is 5.32 Å². The molecule has 0 saturated carbocycles. The first kappa shape index (κ1) is 17.8. The molecule has 1 atom stereocenters. The third kappa shape index (κ3) is 5.01. The van der Waals surface area contributed by atoms with Crippen LogP contribution >= 0.6 is 35.0 Å². The van der Waals surface area contributed by atoms with E-state index in [1.54, 1.807) is 36.6 Å². The summed E-state index contributed by atoms with van der Waals surface area (Å²) in [6.07, 6.45) is 1.57. The molecule has 1 aromatic carbocycles. The smallest absolute Gasteiger partial charge is 0.240 e. The molecule has 0 bridgehead atoms. The first-order valence-corrected chi connectivity index (χ1v) is 8.93. The molecule has 3 rings (SSSR count). The Hall–Kier alpha value is -1.96. The van der Waals surface area contributed by atoms with Gasteiger partial charge in [-0.1, -0.05) is 35.0 Å². The first-order valence-electron chi connectivity index (χ1n) is 7.30. The van der Waals surface area contributed by atoms with E-state index in [0.717, 1.165) is 0 Å². The number of anilines is 1. The summed E-state index contributed by atoms with van der Waals surface area (Å²) in [5.41, 5.74) is 0.484. The lowest BCUT2D eigenvalue weighted by molar-refractivity contribution is -0.122. The first-order chi connectivity index (χ1) is 12.0. The second-order valence-electron chi connectivity index (χ2n) is 5.21. The van der Waals surface area contributed by atoms with Crippen molar-refractivity contribution in [2.45, 2.75) is 18.2 Å². The number of nitrogens with one attached hydrogen (secondary N) is 2. The maximum absolute atomic E-state index is 12.1. The highest BCUT2D eigenvalue weighted by Crippen LogP contribution is 2.25. The fraction of sp³-hybridized carbons (Fsp3) is 0.188. The normalized spacial score (nSPS) is 18.4. The summed E-state index contributed by atoms with van der Waals surface area (Å²) in [5.74, 6) is 0.141. The van der Waals surface area contributed by atoms with Crippen molar-refractivity contribution in [3.8, 4) is 0 Å². The number of amidine groups is 1. The molecule has 25 heavy (non-hydrogen) atoms. The minimum Gasteiger partial charge on any atom is -0.467 e. The SMILES string of the molecule is O=C(CC1SC(=NCc2ccco2)NC1=O)Nc1cc(Cl)cc(Cl)c1. The van der Waals surface area contributed by atoms with Gasteiger partial charge in [-0.05, 0) is 30.3 Å². The topological polar surface area (TPSA) is 83.7 Å². The zero-order chi connectivity index (χ0) is 17.8. The molecule has 0 radical (unpaired) electrons. The molecule has 0 aliphatic carbocycles. The minimum atomic E-state index is -0.537. The molecule has 2 aromatic rings. The average Bonchev–Trinajstić information content (AvgIpc) is 3.14. The molecule has 6 nitrogen and oxygen atoms in total. The predicted octanol–water partition coefficient (Wildman–Crippen LogP) is 3.70. The van der Waals surface area contributed by atoms with Gasteiger partial charge in [-0.25, -0.2) is 0 Å². The van der Waals surface area contributed by atoms with Crippen molar-refractivity contribution in [2.24, 2.45) is 4.99 Å². The Balaban J connectivity index is 1.56. The van der Waals surface area contributed by atoms with Crippen molar-refractivity contribution in [3.05, 3.63) is 52.4 Å². The largest absolute Gasteiger partial charge is 0.467 e. The molecule has 1 aliphatic rings. The van der Waals surface area contributed by atoms with Crippen LogP contribution in [0.15, 0.2) is 46.0 Å². The summed E-state index contributed by atoms with van der Waals surface area (Å²) < 4.78 is 5.18. The standard InChI is InChI=1S/C16H13Cl2N3O3S/c17-9-4-10(18)6-11(5-9)20-14(22)7-13-15(23)21-16(25-13)19-8-12-2-1-3-24-12/h1-6,13H,7-8H2,(H,20,22)(H,19,21,23). The third-order valence-corrected chi connectivity index (χ3v) is 4.81. The van der Waals surface area contributed by atoms with Crippen LogP contribution in [0.2, 0.25) is 10.0 Å². The third-order valence-electron chi connectivity index (χ3n) is 3.25. The maximum atomic E-state index is 12.1. The van der Waals surface area contributed by atoms with E-state index in [-0.39, 0.29) is 18.2 Å². The van der Waals surface area contributed by atoms with Crippen LogP contribution in [0.1, 0.15) is 12.2 Å². The number of halogens is 2. The van der Waals surface area contributed by atoms with E-state index in [9.17, 15) is 9.59 Å². The Morgan fingerprint density at radius 1 is 1.32 bits per heavy atom. The second kappa shape index (κ2) is 7.95. The highest BCUT2D eigenvalue weighted by atomic mass is 35.5. The number of nitrogens with zero attached hydrogens (tertiary/aromatic N) is 1. The number of amides is 2. The van der Waals surface area contributed by atoms with Crippen LogP contribution in [0.3, 0.4) is 0 Å². The number of carbonyl (C=O) groups excluding carboxylic acids is 2. The van der Waals surface area contributed by atoms with Gasteiger partial charge in [-0.2, -0.15) is 0 Å². The van der Waals surface area contributed by atoms with Gasteiger partial charge in [0.15, 0.2) is 5.17 Å². The summed E-state index contributed by atoms with van der Waals surface area (Å²) in [5, 5.41) is 6.13. The summed E-state index contributed by atoms with van der Waals surface area (Å²) in [6, 6.07) is 8.31. The second-order valence-corrected chi connectivity index (χ2v) is 7.27. The molecule has 2 heterocycles. The lowest BCUT2D eigenvalue weighted by Crippen LogP contribution is -2.28. The van der Waals surface area contributed by atoms with Crippen molar-refractivity contribution in [2.75, 3.05) is 5.32 Å². The van der Waals surface area contributed by atoms with Gasteiger partial charge in [-0.3, -0.25) is 14.6 Å². The molecule has 1 saturated heterocycles. The number of carbonyl (C=O) groups is 2. The Morgan fingerprint density at radius 2 is 2.08 bits per heavy atom. The van der Waals surface area contributed by atoms with E-state index in [1.165, 1.54) is 11.8 Å². The van der Waals surface area contributed by atoms with E-state index in [4.69, 9.17) is 27.6 Å². The lowest BCUT2D eigenvalue weighted by atomic mass is 10.2. The monoisotopic (exact) mass is 397 g/mol. The molecular formula is C16H13Cl2N3O3S. The summed E-state index contributed by atoms with van der Waals surface area (Å²) in [6.45, 7) is 0.329. The highest BCUT2D eigenvalue weighted by Gasteiger charge is 2.32. The van der Waals surface area contributed by atoms with Crippen molar-refractivity contribution in [3.63, 3.8) is 0 Å². The molecule has 1 unspecified atom stereocenters. The highest BCUT2D eigenvalue weighted by molar-refractivity contribution is 8.15. The van der Waals surface area contributed by atoms with Gasteiger partial charge in [0.25, 0.3) is 0 Å². The fourth-order valence-electron chi connectivity index (χ4n) is 2.17. The predicted molar refractivity (Wildman–Crippen MR) is 99.1 cm³/mol. The van der Waals surface area contributed by atoms with Crippen LogP contribution in [-0.4, -0.2) is 22.2 Å². The van der Waals surface area contributed by atoms with Gasteiger partial charge in [0.2, 0.25) is 11.8 Å². The number of hydrogen-bond acceptors (Lipinski definition) is 5. The van der Waals surface area contributed by atoms with E-state index in [1.807, 2.05) is 0 Å². The zero-order valence-corrected chi connectivity index (χ0v) is 15.1. The molecule has 9 heteroatoms. The van der Waals surface area contributed by atoms with E-state index < -0.39 is 5.25 Å². The van der Waals surface area contributed by atoms with Gasteiger partial charge in [0.05, 0.1) is 12.8 Å². The Bertz CT molecular complexity index is 804. The van der Waals surface area contributed by atoms with Crippen LogP contribution in [0.25, 0.3) is 0 Å². The number of aliphatic imine (C=N–C) groups is 1. The molecule has 2 N–H and O–H groups in total. The molecule has 2 amide bonds. The van der Waals surface area contributed by atoms with Gasteiger partial charge >= 0.3 is 0 Å². The molecule has 1 aromatic heterocycles. The van der Waals surface area contributed by atoms with Gasteiger partial charge in [0, 0.05) is 22.2 Å². The van der Waals surface area contributed by atoms with Crippen LogP contribution in [0.4, 0.5) is 5.69 Å². The molecular weight excluding hydrogens is 385 g/mol. The minimum absolute atomic E-state index is 0.0143.